The molecular weight excluding hydrogens is 156 g/mol. The molecule has 0 saturated heterocycles. The lowest BCUT2D eigenvalue weighted by molar-refractivity contribution is -0.149. The Morgan fingerprint density at radius 1 is 1.50 bits per heavy atom. The summed E-state index contributed by atoms with van der Waals surface area (Å²) in [6.07, 6.45) is 2.69. The summed E-state index contributed by atoms with van der Waals surface area (Å²) in [6, 6.07) is 0. The lowest BCUT2D eigenvalue weighted by Crippen LogP contribution is -2.18. The van der Waals surface area contributed by atoms with Gasteiger partial charge in [0.2, 0.25) is 0 Å². The summed E-state index contributed by atoms with van der Waals surface area (Å²) >= 11 is 0. The zero-order valence-electron chi connectivity index (χ0n) is 7.71. The molecule has 0 rings (SSSR count). The second-order valence-electron chi connectivity index (χ2n) is 2.64. The first-order chi connectivity index (χ1) is 5.76. The Balaban J connectivity index is 3.89. The molecule has 0 heterocycles. The van der Waals surface area contributed by atoms with Crippen LogP contribution < -0.4 is 0 Å². The van der Waals surface area contributed by atoms with Gasteiger partial charge in [0, 0.05) is 6.42 Å². The minimum Gasteiger partial charge on any atom is -0.466 e. The molecule has 0 radical (unpaired) electrons. The van der Waals surface area contributed by atoms with Crippen LogP contribution in [0.15, 0.2) is 0 Å². The molecule has 0 fully saturated rings. The monoisotopic (exact) mass is 172 g/mol. The molecule has 0 spiro atoms. The molecule has 3 nitrogen and oxygen atoms in total. The Hall–Kier alpha value is -0.860. The van der Waals surface area contributed by atoms with Crippen molar-refractivity contribution in [2.75, 3.05) is 6.61 Å². The minimum atomic E-state index is -0.244. The van der Waals surface area contributed by atoms with E-state index in [1.54, 1.807) is 6.92 Å². The second-order valence-corrected chi connectivity index (χ2v) is 2.64. The Bertz CT molecular complexity index is 143. The van der Waals surface area contributed by atoms with Gasteiger partial charge in [0.1, 0.15) is 6.29 Å². The molecule has 0 amide bonds. The quantitative estimate of drug-likeness (QED) is 0.451. The highest BCUT2D eigenvalue weighted by Crippen LogP contribution is 2.11. The number of carbonyl (C=O) groups is 2. The number of esters is 1. The van der Waals surface area contributed by atoms with Crippen LogP contribution in [0, 0.1) is 5.92 Å². The van der Waals surface area contributed by atoms with Crippen molar-refractivity contribution in [2.45, 2.75) is 33.1 Å². The predicted molar refractivity (Wildman–Crippen MR) is 45.7 cm³/mol. The average molecular weight is 172 g/mol. The topological polar surface area (TPSA) is 43.4 Å². The van der Waals surface area contributed by atoms with Gasteiger partial charge in [0.05, 0.1) is 12.5 Å². The molecular formula is C9H16O3. The van der Waals surface area contributed by atoms with Crippen LogP contribution in [-0.2, 0) is 14.3 Å². The van der Waals surface area contributed by atoms with Crippen LogP contribution in [0.5, 0.6) is 0 Å². The molecule has 1 atom stereocenters. The van der Waals surface area contributed by atoms with Crippen LogP contribution in [0.3, 0.4) is 0 Å². The Kier molecular flexibility index (Phi) is 6.34. The molecule has 3 heteroatoms. The van der Waals surface area contributed by atoms with Gasteiger partial charge >= 0.3 is 5.97 Å². The van der Waals surface area contributed by atoms with E-state index in [0.29, 0.717) is 6.61 Å². The third-order valence-electron chi connectivity index (χ3n) is 1.64. The molecule has 0 aliphatic heterocycles. The first kappa shape index (κ1) is 11.1. The number of hydrogen-bond acceptors (Lipinski definition) is 3. The second kappa shape index (κ2) is 6.83. The summed E-state index contributed by atoms with van der Waals surface area (Å²) in [7, 11) is 0. The predicted octanol–water partition coefficient (Wildman–Crippen LogP) is 1.55. The van der Waals surface area contributed by atoms with E-state index >= 15 is 0 Å². The number of ether oxygens (including phenoxy) is 1. The van der Waals surface area contributed by atoms with Gasteiger partial charge in [-0.25, -0.2) is 0 Å². The van der Waals surface area contributed by atoms with Gasteiger partial charge in [-0.05, 0) is 13.3 Å². The Labute approximate surface area is 73.1 Å². The summed E-state index contributed by atoms with van der Waals surface area (Å²) in [6.45, 7) is 4.14. The van der Waals surface area contributed by atoms with E-state index in [4.69, 9.17) is 4.74 Å². The normalized spacial score (nSPS) is 12.2. The Morgan fingerprint density at radius 3 is 2.58 bits per heavy atom. The fourth-order valence-corrected chi connectivity index (χ4v) is 1.06. The highest BCUT2D eigenvalue weighted by Gasteiger charge is 2.17. The molecule has 0 bridgehead atoms. The fraction of sp³-hybridized carbons (Fsp3) is 0.778. The van der Waals surface area contributed by atoms with E-state index in [2.05, 4.69) is 0 Å². The maximum absolute atomic E-state index is 11.1. The number of aldehydes is 1. The van der Waals surface area contributed by atoms with E-state index in [1.807, 2.05) is 6.92 Å². The van der Waals surface area contributed by atoms with E-state index in [0.717, 1.165) is 19.1 Å². The van der Waals surface area contributed by atoms with Crippen LogP contribution in [0.1, 0.15) is 33.1 Å². The van der Waals surface area contributed by atoms with Gasteiger partial charge in [-0.2, -0.15) is 0 Å². The highest BCUT2D eigenvalue weighted by molar-refractivity contribution is 5.75. The molecule has 0 N–H and O–H groups in total. The molecule has 0 aliphatic rings. The molecule has 0 saturated carbocycles. The largest absolute Gasteiger partial charge is 0.466 e. The molecule has 0 unspecified atom stereocenters. The zero-order valence-corrected chi connectivity index (χ0v) is 7.71. The van der Waals surface area contributed by atoms with Crippen molar-refractivity contribution < 1.29 is 14.3 Å². The summed E-state index contributed by atoms with van der Waals surface area (Å²) in [5.41, 5.74) is 0. The lowest BCUT2D eigenvalue weighted by atomic mass is 10.0. The molecule has 0 aromatic carbocycles. The lowest BCUT2D eigenvalue weighted by Gasteiger charge is -2.10. The van der Waals surface area contributed by atoms with Crippen LogP contribution in [0.4, 0.5) is 0 Å². The van der Waals surface area contributed by atoms with Crippen LogP contribution in [0.25, 0.3) is 0 Å². The third-order valence-corrected chi connectivity index (χ3v) is 1.64. The molecule has 0 aromatic heterocycles. The number of hydrogen-bond donors (Lipinski definition) is 0. The SMILES string of the molecule is CCC[C@H](CC=O)C(=O)OCC. The molecule has 0 aromatic rings. The van der Waals surface area contributed by atoms with E-state index in [-0.39, 0.29) is 18.3 Å². The first-order valence-corrected chi connectivity index (χ1v) is 4.36. The Morgan fingerprint density at radius 2 is 2.17 bits per heavy atom. The van der Waals surface area contributed by atoms with Gasteiger partial charge in [-0.3, -0.25) is 4.79 Å². The van der Waals surface area contributed by atoms with Crippen molar-refractivity contribution in [2.24, 2.45) is 5.92 Å². The first-order valence-electron chi connectivity index (χ1n) is 4.36. The van der Waals surface area contributed by atoms with Crippen molar-refractivity contribution in [3.63, 3.8) is 0 Å². The maximum atomic E-state index is 11.1. The summed E-state index contributed by atoms with van der Waals surface area (Å²) in [5.74, 6) is -0.473. The van der Waals surface area contributed by atoms with Crippen LogP contribution >= 0.6 is 0 Å². The number of carbonyl (C=O) groups excluding carboxylic acids is 2. The summed E-state index contributed by atoms with van der Waals surface area (Å²) < 4.78 is 4.81. The van der Waals surface area contributed by atoms with Crippen molar-refractivity contribution in [3.8, 4) is 0 Å². The molecule has 12 heavy (non-hydrogen) atoms. The van der Waals surface area contributed by atoms with Crippen molar-refractivity contribution in [1.29, 1.82) is 0 Å². The number of rotatable bonds is 6. The van der Waals surface area contributed by atoms with Crippen LogP contribution in [0.2, 0.25) is 0 Å². The minimum absolute atomic E-state index is 0.229. The van der Waals surface area contributed by atoms with Crippen molar-refractivity contribution >= 4 is 12.3 Å². The summed E-state index contributed by atoms with van der Waals surface area (Å²) in [4.78, 5) is 21.3. The van der Waals surface area contributed by atoms with Crippen molar-refractivity contribution in [3.05, 3.63) is 0 Å². The van der Waals surface area contributed by atoms with Gasteiger partial charge in [0.25, 0.3) is 0 Å². The zero-order chi connectivity index (χ0) is 9.40. The van der Waals surface area contributed by atoms with Crippen molar-refractivity contribution in [1.82, 2.24) is 0 Å². The van der Waals surface area contributed by atoms with E-state index < -0.39 is 0 Å². The highest BCUT2D eigenvalue weighted by atomic mass is 16.5. The fourth-order valence-electron chi connectivity index (χ4n) is 1.06. The van der Waals surface area contributed by atoms with Gasteiger partial charge in [-0.15, -0.1) is 0 Å². The smallest absolute Gasteiger partial charge is 0.309 e. The van der Waals surface area contributed by atoms with Gasteiger partial charge in [-0.1, -0.05) is 13.3 Å². The average Bonchev–Trinajstić information content (AvgIpc) is 2.04. The maximum Gasteiger partial charge on any atom is 0.309 e. The molecule has 0 aliphatic carbocycles. The van der Waals surface area contributed by atoms with Gasteiger partial charge < -0.3 is 9.53 Å². The third kappa shape index (κ3) is 4.11. The van der Waals surface area contributed by atoms with Crippen LogP contribution in [-0.4, -0.2) is 18.9 Å². The van der Waals surface area contributed by atoms with E-state index in [1.165, 1.54) is 0 Å². The van der Waals surface area contributed by atoms with E-state index in [9.17, 15) is 9.59 Å². The van der Waals surface area contributed by atoms with Gasteiger partial charge in [0.15, 0.2) is 0 Å². The standard InChI is InChI=1S/C9H16O3/c1-3-5-8(6-7-10)9(11)12-4-2/h7-8H,3-6H2,1-2H3/t8-/m1/s1. The summed E-state index contributed by atoms with van der Waals surface area (Å²) in [5, 5.41) is 0. The molecule has 70 valence electrons.